The van der Waals surface area contributed by atoms with Gasteiger partial charge in [-0.2, -0.15) is 0 Å². The Morgan fingerprint density at radius 3 is 2.54 bits per heavy atom. The van der Waals surface area contributed by atoms with E-state index in [0.717, 1.165) is 30.4 Å². The van der Waals surface area contributed by atoms with Crippen LogP contribution in [0.4, 0.5) is 0 Å². The number of amides is 1. The molecule has 1 heterocycles. The highest BCUT2D eigenvalue weighted by Gasteiger charge is 2.27. The number of hydrogen-bond acceptors (Lipinski definition) is 4. The Labute approximate surface area is 166 Å². The van der Waals surface area contributed by atoms with E-state index in [1.165, 1.54) is 0 Å². The summed E-state index contributed by atoms with van der Waals surface area (Å²) in [5.74, 6) is -0.597. The Hall–Kier alpha value is -2.47. The number of hydrazine groups is 1. The van der Waals surface area contributed by atoms with E-state index in [0.29, 0.717) is 38.9 Å². The second-order valence-electron chi connectivity index (χ2n) is 7.14. The zero-order chi connectivity index (χ0) is 20.4. The van der Waals surface area contributed by atoms with E-state index >= 15 is 0 Å². The molecule has 1 aromatic rings. The van der Waals surface area contributed by atoms with Crippen LogP contribution >= 0.6 is 0 Å². The number of aliphatic carboxylic acids is 1. The van der Waals surface area contributed by atoms with Gasteiger partial charge in [-0.3, -0.25) is 19.4 Å². The van der Waals surface area contributed by atoms with Crippen LogP contribution in [0.3, 0.4) is 0 Å². The van der Waals surface area contributed by atoms with Crippen molar-refractivity contribution in [2.24, 2.45) is 0 Å². The van der Waals surface area contributed by atoms with Gasteiger partial charge >= 0.3 is 5.97 Å². The molecule has 1 amide bonds. The number of benzene rings is 1. The number of carboxylic acids is 1. The van der Waals surface area contributed by atoms with E-state index in [2.05, 4.69) is 6.92 Å². The van der Waals surface area contributed by atoms with Crippen molar-refractivity contribution in [1.29, 1.82) is 0 Å². The fourth-order valence-corrected chi connectivity index (χ4v) is 3.26. The summed E-state index contributed by atoms with van der Waals surface area (Å²) in [6.07, 6.45) is 8.39. The predicted octanol–water partition coefficient (Wildman–Crippen LogP) is 3.01. The molecule has 28 heavy (non-hydrogen) atoms. The Bertz CT molecular complexity index is 697. The Kier molecular flexibility index (Phi) is 8.88. The van der Waals surface area contributed by atoms with Crippen LogP contribution in [0.1, 0.15) is 50.2 Å². The van der Waals surface area contributed by atoms with Gasteiger partial charge in [0.1, 0.15) is 0 Å². The molecule has 1 aliphatic heterocycles. The van der Waals surface area contributed by atoms with Crippen molar-refractivity contribution in [1.82, 2.24) is 10.0 Å². The second kappa shape index (κ2) is 11.4. The lowest BCUT2D eigenvalue weighted by Crippen LogP contribution is -2.40. The van der Waals surface area contributed by atoms with Crippen LogP contribution in [0, 0.1) is 0 Å². The minimum Gasteiger partial charge on any atom is -0.481 e. The number of ketones is 1. The maximum atomic E-state index is 12.2. The zero-order valence-electron chi connectivity index (χ0n) is 16.6. The summed E-state index contributed by atoms with van der Waals surface area (Å²) in [7, 11) is 0. The Morgan fingerprint density at radius 2 is 1.86 bits per heavy atom. The third-order valence-corrected chi connectivity index (χ3v) is 4.85. The summed E-state index contributed by atoms with van der Waals surface area (Å²) in [5, 5.41) is 12.6. The van der Waals surface area contributed by atoms with Crippen LogP contribution in [0.25, 0.3) is 0 Å². The summed E-state index contributed by atoms with van der Waals surface area (Å²) in [6, 6.07) is 7.47. The van der Waals surface area contributed by atoms with E-state index in [1.54, 1.807) is 11.1 Å². The topological polar surface area (TPSA) is 77.9 Å². The van der Waals surface area contributed by atoms with E-state index in [1.807, 2.05) is 35.4 Å². The van der Waals surface area contributed by atoms with Crippen LogP contribution in [0.2, 0.25) is 0 Å². The van der Waals surface area contributed by atoms with Gasteiger partial charge in [-0.25, -0.2) is 5.01 Å². The molecule has 152 valence electrons. The molecule has 0 aliphatic carbocycles. The first-order valence-electron chi connectivity index (χ1n) is 10.0. The number of carbonyl (C=O) groups excluding carboxylic acids is 2. The maximum Gasteiger partial charge on any atom is 0.307 e. The molecular weight excluding hydrogens is 356 g/mol. The van der Waals surface area contributed by atoms with Gasteiger partial charge in [0.2, 0.25) is 5.91 Å². The van der Waals surface area contributed by atoms with Crippen LogP contribution < -0.4 is 0 Å². The van der Waals surface area contributed by atoms with E-state index in [9.17, 15) is 14.4 Å². The standard InChI is InChI=1S/C22H30N2O4/c1-2-3-4-6-20(25)7-5-14-23-15-13-21(26)24(23)16-12-18-8-10-19(11-9-18)17-22(27)28/h5,7-11H,2-4,6,12-17H2,1H3,(H,27,28)/b7-5+. The molecule has 0 saturated carbocycles. The van der Waals surface area contributed by atoms with Crippen molar-refractivity contribution in [2.45, 2.75) is 51.9 Å². The fraction of sp³-hybridized carbons (Fsp3) is 0.500. The summed E-state index contributed by atoms with van der Waals surface area (Å²) in [4.78, 5) is 34.7. The first-order chi connectivity index (χ1) is 13.5. The van der Waals surface area contributed by atoms with Crippen LogP contribution in [0.5, 0.6) is 0 Å². The van der Waals surface area contributed by atoms with Crippen molar-refractivity contribution in [3.05, 3.63) is 47.5 Å². The number of carboxylic acid groups (broad SMARTS) is 1. The second-order valence-corrected chi connectivity index (χ2v) is 7.14. The highest BCUT2D eigenvalue weighted by atomic mass is 16.4. The normalized spacial score (nSPS) is 14.9. The molecule has 1 aliphatic rings. The molecule has 2 rings (SSSR count). The minimum atomic E-state index is -0.844. The van der Waals surface area contributed by atoms with Gasteiger partial charge in [-0.15, -0.1) is 0 Å². The molecule has 0 aromatic heterocycles. The lowest BCUT2D eigenvalue weighted by molar-refractivity contribution is -0.137. The van der Waals surface area contributed by atoms with Gasteiger partial charge in [-0.1, -0.05) is 50.1 Å². The highest BCUT2D eigenvalue weighted by molar-refractivity contribution is 5.89. The molecule has 1 N–H and O–H groups in total. The number of nitrogens with zero attached hydrogens (tertiary/aromatic N) is 2. The fourth-order valence-electron chi connectivity index (χ4n) is 3.26. The molecule has 0 spiro atoms. The van der Waals surface area contributed by atoms with Crippen molar-refractivity contribution in [3.63, 3.8) is 0 Å². The quantitative estimate of drug-likeness (QED) is 0.441. The highest BCUT2D eigenvalue weighted by Crippen LogP contribution is 2.14. The number of rotatable bonds is 12. The largest absolute Gasteiger partial charge is 0.481 e. The van der Waals surface area contributed by atoms with Gasteiger partial charge in [0.15, 0.2) is 5.78 Å². The molecule has 0 radical (unpaired) electrons. The van der Waals surface area contributed by atoms with E-state index < -0.39 is 5.97 Å². The molecule has 1 fully saturated rings. The molecule has 6 heteroatoms. The number of allylic oxidation sites excluding steroid dienone is 1. The van der Waals surface area contributed by atoms with E-state index in [-0.39, 0.29) is 18.1 Å². The molecule has 1 aromatic carbocycles. The molecule has 1 saturated heterocycles. The Balaban J connectivity index is 1.81. The van der Waals surface area contributed by atoms with Gasteiger partial charge in [-0.05, 0) is 30.0 Å². The van der Waals surface area contributed by atoms with Gasteiger partial charge in [0, 0.05) is 32.5 Å². The third kappa shape index (κ3) is 7.27. The number of hydrogen-bond donors (Lipinski definition) is 1. The maximum absolute atomic E-state index is 12.2. The summed E-state index contributed by atoms with van der Waals surface area (Å²) < 4.78 is 0. The van der Waals surface area contributed by atoms with Crippen molar-refractivity contribution in [3.8, 4) is 0 Å². The van der Waals surface area contributed by atoms with Crippen molar-refractivity contribution >= 4 is 17.7 Å². The summed E-state index contributed by atoms with van der Waals surface area (Å²) in [5.41, 5.74) is 1.83. The van der Waals surface area contributed by atoms with Gasteiger partial charge < -0.3 is 5.11 Å². The monoisotopic (exact) mass is 386 g/mol. The summed E-state index contributed by atoms with van der Waals surface area (Å²) >= 11 is 0. The number of unbranched alkanes of at least 4 members (excludes halogenated alkanes) is 2. The first-order valence-corrected chi connectivity index (χ1v) is 10.0. The van der Waals surface area contributed by atoms with Crippen molar-refractivity contribution < 1.29 is 19.5 Å². The van der Waals surface area contributed by atoms with E-state index in [4.69, 9.17) is 5.11 Å². The van der Waals surface area contributed by atoms with Crippen molar-refractivity contribution in [2.75, 3.05) is 19.6 Å². The minimum absolute atomic E-state index is 0.0160. The average molecular weight is 386 g/mol. The number of carbonyl (C=O) groups is 3. The zero-order valence-corrected chi connectivity index (χ0v) is 16.6. The molecule has 6 nitrogen and oxygen atoms in total. The predicted molar refractivity (Wildman–Crippen MR) is 108 cm³/mol. The van der Waals surface area contributed by atoms with Crippen LogP contribution in [-0.2, 0) is 27.2 Å². The molecule has 0 unspecified atom stereocenters. The third-order valence-electron chi connectivity index (χ3n) is 4.85. The van der Waals surface area contributed by atoms with Gasteiger partial charge in [0.05, 0.1) is 6.42 Å². The Morgan fingerprint density at radius 1 is 1.14 bits per heavy atom. The SMILES string of the molecule is CCCCCC(=O)/C=C/CN1CCC(=O)N1CCc1ccc(CC(=O)O)cc1. The molecular formula is C22H30N2O4. The average Bonchev–Trinajstić information content (AvgIpc) is 3.01. The van der Waals surface area contributed by atoms with Gasteiger partial charge in [0.25, 0.3) is 0 Å². The van der Waals surface area contributed by atoms with Crippen LogP contribution in [-0.4, -0.2) is 52.4 Å². The summed E-state index contributed by atoms with van der Waals surface area (Å²) in [6.45, 7) is 3.92. The molecule has 0 atom stereocenters. The lowest BCUT2D eigenvalue weighted by atomic mass is 10.1. The lowest BCUT2D eigenvalue weighted by Gasteiger charge is -2.27. The molecule has 0 bridgehead atoms. The smallest absolute Gasteiger partial charge is 0.307 e. The van der Waals surface area contributed by atoms with Crippen LogP contribution in [0.15, 0.2) is 36.4 Å². The first kappa shape index (κ1) is 21.8.